The van der Waals surface area contributed by atoms with Crippen LogP contribution in [0.2, 0.25) is 0 Å². The molecule has 4 aromatic rings. The van der Waals surface area contributed by atoms with Gasteiger partial charge in [-0.3, -0.25) is 9.59 Å². The zero-order valence-corrected chi connectivity index (χ0v) is 16.5. The van der Waals surface area contributed by atoms with Gasteiger partial charge in [-0.25, -0.2) is 0 Å². The van der Waals surface area contributed by atoms with E-state index in [4.69, 9.17) is 13.6 Å². The first-order chi connectivity index (χ1) is 14.6. The summed E-state index contributed by atoms with van der Waals surface area (Å²) in [4.78, 5) is 28.5. The number of carbonyl (C=O) groups excluding carboxylic acids is 1. The molecule has 6 nitrogen and oxygen atoms in total. The summed E-state index contributed by atoms with van der Waals surface area (Å²) in [5.74, 6) is 0.927. The summed E-state index contributed by atoms with van der Waals surface area (Å²) in [6.07, 6.45) is 1.56. The van der Waals surface area contributed by atoms with Gasteiger partial charge in [0, 0.05) is 5.56 Å². The molecule has 2 aromatic heterocycles. The standard InChI is InChI=1S/C24H19NO5/c1-14-9-10-19-17(12-14)22(26)20-21(16-7-3-4-8-18(16)28-2)25(24(27)23(20)30-19)13-15-6-5-11-29-15/h3-12,21H,13H2,1-2H3/t21-/m0/s1. The summed E-state index contributed by atoms with van der Waals surface area (Å²) in [6, 6.07) is 15.7. The van der Waals surface area contributed by atoms with E-state index in [9.17, 15) is 9.59 Å². The Bertz CT molecular complexity index is 1320. The third-order valence-corrected chi connectivity index (χ3v) is 5.46. The summed E-state index contributed by atoms with van der Waals surface area (Å²) >= 11 is 0. The number of fused-ring (bicyclic) bond motifs is 2. The maximum absolute atomic E-state index is 13.5. The molecule has 0 fully saturated rings. The zero-order chi connectivity index (χ0) is 20.8. The molecule has 1 amide bonds. The minimum atomic E-state index is -0.644. The SMILES string of the molecule is COc1ccccc1[C@H]1c2c(oc3ccc(C)cc3c2=O)C(=O)N1Cc1ccco1. The number of para-hydroxylation sites is 1. The van der Waals surface area contributed by atoms with E-state index >= 15 is 0 Å². The maximum Gasteiger partial charge on any atom is 0.291 e. The molecule has 0 bridgehead atoms. The van der Waals surface area contributed by atoms with E-state index in [1.807, 2.05) is 37.3 Å². The minimum Gasteiger partial charge on any atom is -0.496 e. The lowest BCUT2D eigenvalue weighted by atomic mass is 9.97. The number of benzene rings is 2. The van der Waals surface area contributed by atoms with Crippen LogP contribution in [0.5, 0.6) is 5.75 Å². The summed E-state index contributed by atoms with van der Waals surface area (Å²) < 4.78 is 17.0. The van der Waals surface area contributed by atoms with Gasteiger partial charge in [-0.05, 0) is 37.3 Å². The van der Waals surface area contributed by atoms with Crippen molar-refractivity contribution in [1.29, 1.82) is 0 Å². The Balaban J connectivity index is 1.78. The zero-order valence-electron chi connectivity index (χ0n) is 16.5. The van der Waals surface area contributed by atoms with Crippen LogP contribution in [0.25, 0.3) is 11.0 Å². The molecule has 0 saturated heterocycles. The summed E-state index contributed by atoms with van der Waals surface area (Å²) in [6.45, 7) is 2.12. The van der Waals surface area contributed by atoms with Crippen LogP contribution in [0.15, 0.2) is 74.5 Å². The number of hydrogen-bond acceptors (Lipinski definition) is 5. The van der Waals surface area contributed by atoms with Gasteiger partial charge < -0.3 is 18.5 Å². The van der Waals surface area contributed by atoms with Gasteiger partial charge in [0.25, 0.3) is 5.91 Å². The quantitative estimate of drug-likeness (QED) is 0.505. The van der Waals surface area contributed by atoms with E-state index in [-0.39, 0.29) is 23.6 Å². The molecule has 6 heteroatoms. The van der Waals surface area contributed by atoms with Gasteiger partial charge in [0.2, 0.25) is 5.76 Å². The van der Waals surface area contributed by atoms with Crippen molar-refractivity contribution in [3.8, 4) is 5.75 Å². The Morgan fingerprint density at radius 2 is 1.90 bits per heavy atom. The number of aryl methyl sites for hydroxylation is 1. The second-order valence-electron chi connectivity index (χ2n) is 7.33. The molecule has 0 aliphatic carbocycles. The van der Waals surface area contributed by atoms with Crippen LogP contribution in [0, 0.1) is 6.92 Å². The molecule has 150 valence electrons. The number of rotatable bonds is 4. The van der Waals surface area contributed by atoms with E-state index in [0.29, 0.717) is 28.0 Å². The molecule has 2 aromatic carbocycles. The fourth-order valence-electron chi connectivity index (χ4n) is 4.08. The Labute approximate surface area is 172 Å². The lowest BCUT2D eigenvalue weighted by molar-refractivity contribution is 0.0700. The summed E-state index contributed by atoms with van der Waals surface area (Å²) in [7, 11) is 1.57. The fraction of sp³-hybridized carbons (Fsp3) is 0.167. The van der Waals surface area contributed by atoms with Gasteiger partial charge >= 0.3 is 0 Å². The smallest absolute Gasteiger partial charge is 0.291 e. The number of furan rings is 1. The van der Waals surface area contributed by atoms with Crippen molar-refractivity contribution in [3.63, 3.8) is 0 Å². The predicted octanol–water partition coefficient (Wildman–Crippen LogP) is 4.45. The molecule has 1 aliphatic heterocycles. The molecule has 1 atom stereocenters. The first-order valence-corrected chi connectivity index (χ1v) is 9.62. The number of ether oxygens (including phenoxy) is 1. The Hall–Kier alpha value is -3.80. The predicted molar refractivity (Wildman–Crippen MR) is 111 cm³/mol. The third kappa shape index (κ3) is 2.72. The number of methoxy groups -OCH3 is 1. The van der Waals surface area contributed by atoms with Crippen LogP contribution in [-0.4, -0.2) is 17.9 Å². The molecule has 0 saturated carbocycles. The number of carbonyl (C=O) groups is 1. The van der Waals surface area contributed by atoms with Crippen molar-refractivity contribution in [1.82, 2.24) is 4.90 Å². The lowest BCUT2D eigenvalue weighted by Gasteiger charge is -2.25. The molecular weight excluding hydrogens is 382 g/mol. The Kier molecular flexibility index (Phi) is 4.20. The Morgan fingerprint density at radius 3 is 2.67 bits per heavy atom. The average molecular weight is 401 g/mol. The average Bonchev–Trinajstić information content (AvgIpc) is 3.36. The maximum atomic E-state index is 13.5. The van der Waals surface area contributed by atoms with Crippen molar-refractivity contribution in [2.24, 2.45) is 0 Å². The van der Waals surface area contributed by atoms with Gasteiger partial charge in [-0.15, -0.1) is 0 Å². The number of nitrogens with zero attached hydrogens (tertiary/aromatic N) is 1. The highest BCUT2D eigenvalue weighted by Crippen LogP contribution is 2.42. The third-order valence-electron chi connectivity index (χ3n) is 5.46. The Morgan fingerprint density at radius 1 is 1.07 bits per heavy atom. The van der Waals surface area contributed by atoms with E-state index in [0.717, 1.165) is 11.1 Å². The van der Waals surface area contributed by atoms with Gasteiger partial charge in [0.15, 0.2) is 5.43 Å². The van der Waals surface area contributed by atoms with Gasteiger partial charge in [0.05, 0.1) is 36.9 Å². The van der Waals surface area contributed by atoms with Gasteiger partial charge in [-0.2, -0.15) is 0 Å². The van der Waals surface area contributed by atoms with Crippen molar-refractivity contribution in [2.45, 2.75) is 19.5 Å². The molecule has 0 spiro atoms. The minimum absolute atomic E-state index is 0.0683. The van der Waals surface area contributed by atoms with E-state index in [1.165, 1.54) is 0 Å². The second-order valence-corrected chi connectivity index (χ2v) is 7.33. The highest BCUT2D eigenvalue weighted by atomic mass is 16.5. The van der Waals surface area contributed by atoms with E-state index in [2.05, 4.69) is 0 Å². The van der Waals surface area contributed by atoms with Gasteiger partial charge in [-0.1, -0.05) is 29.8 Å². The fourth-order valence-corrected chi connectivity index (χ4v) is 4.08. The van der Waals surface area contributed by atoms with E-state index in [1.54, 1.807) is 42.5 Å². The molecule has 1 aliphatic rings. The van der Waals surface area contributed by atoms with Crippen molar-refractivity contribution in [2.75, 3.05) is 7.11 Å². The van der Waals surface area contributed by atoms with Crippen LogP contribution in [0.4, 0.5) is 0 Å². The molecule has 5 rings (SSSR count). The molecule has 0 unspecified atom stereocenters. The van der Waals surface area contributed by atoms with Crippen LogP contribution in [0.1, 0.15) is 39.0 Å². The van der Waals surface area contributed by atoms with Crippen LogP contribution in [0.3, 0.4) is 0 Å². The summed E-state index contributed by atoms with van der Waals surface area (Å²) in [5, 5.41) is 0.460. The van der Waals surface area contributed by atoms with Gasteiger partial charge in [0.1, 0.15) is 17.1 Å². The number of amides is 1. The summed E-state index contributed by atoms with van der Waals surface area (Å²) in [5.41, 5.74) is 2.19. The lowest BCUT2D eigenvalue weighted by Crippen LogP contribution is -2.29. The van der Waals surface area contributed by atoms with Crippen LogP contribution >= 0.6 is 0 Å². The van der Waals surface area contributed by atoms with Crippen LogP contribution < -0.4 is 10.2 Å². The molecule has 0 N–H and O–H groups in total. The van der Waals surface area contributed by atoms with E-state index < -0.39 is 6.04 Å². The molecule has 0 radical (unpaired) electrons. The number of hydrogen-bond donors (Lipinski definition) is 0. The van der Waals surface area contributed by atoms with Crippen molar-refractivity contribution < 1.29 is 18.4 Å². The normalized spacial score (nSPS) is 15.6. The molecule has 30 heavy (non-hydrogen) atoms. The largest absolute Gasteiger partial charge is 0.496 e. The monoisotopic (exact) mass is 401 g/mol. The molecule has 3 heterocycles. The first kappa shape index (κ1) is 18.2. The first-order valence-electron chi connectivity index (χ1n) is 9.62. The van der Waals surface area contributed by atoms with Crippen LogP contribution in [-0.2, 0) is 6.54 Å². The van der Waals surface area contributed by atoms with Crippen molar-refractivity contribution in [3.05, 3.63) is 99.3 Å². The second kappa shape index (κ2) is 6.91. The highest BCUT2D eigenvalue weighted by Gasteiger charge is 2.44. The highest BCUT2D eigenvalue weighted by molar-refractivity contribution is 5.99. The topological polar surface area (TPSA) is 72.9 Å². The van der Waals surface area contributed by atoms with Crippen molar-refractivity contribution >= 4 is 16.9 Å². The molecular formula is C24H19NO5.